The van der Waals surface area contributed by atoms with Gasteiger partial charge < -0.3 is 4.74 Å². The second-order valence-corrected chi connectivity index (χ2v) is 4.52. The standard InChI is InChI=1S/C13H6ClF6NO/c14-11-6-8(5-10(21-11)12(15,16)17)7-2-1-3-9(4-7)22-13(18,19)20/h1-6H. The molecule has 0 aliphatic heterocycles. The number of hydrogen-bond donors (Lipinski definition) is 0. The first kappa shape index (κ1) is 16.4. The molecule has 2 rings (SSSR count). The van der Waals surface area contributed by atoms with E-state index < -0.39 is 29.1 Å². The minimum atomic E-state index is -4.90. The summed E-state index contributed by atoms with van der Waals surface area (Å²) in [7, 11) is 0. The molecule has 22 heavy (non-hydrogen) atoms. The average molecular weight is 342 g/mol. The number of hydrogen-bond acceptors (Lipinski definition) is 2. The molecule has 1 heterocycles. The molecule has 2 nitrogen and oxygen atoms in total. The lowest BCUT2D eigenvalue weighted by molar-refractivity contribution is -0.274. The van der Waals surface area contributed by atoms with Gasteiger partial charge in [-0.2, -0.15) is 13.2 Å². The second kappa shape index (κ2) is 5.68. The number of halogens is 7. The van der Waals surface area contributed by atoms with Gasteiger partial charge in [0, 0.05) is 0 Å². The fraction of sp³-hybridized carbons (Fsp3) is 0.154. The van der Waals surface area contributed by atoms with Crippen LogP contribution in [0.15, 0.2) is 36.4 Å². The molecular weight excluding hydrogens is 336 g/mol. The number of ether oxygens (including phenoxy) is 1. The Morgan fingerprint density at radius 3 is 2.18 bits per heavy atom. The summed E-state index contributed by atoms with van der Waals surface area (Å²) in [4.78, 5) is 3.14. The molecule has 0 aliphatic rings. The summed E-state index contributed by atoms with van der Waals surface area (Å²) in [6.07, 6.45) is -9.62. The molecular formula is C13H6ClF6NO. The third-order valence-electron chi connectivity index (χ3n) is 2.49. The van der Waals surface area contributed by atoms with E-state index in [4.69, 9.17) is 11.6 Å². The Bertz CT molecular complexity index is 683. The summed E-state index contributed by atoms with van der Waals surface area (Å²) >= 11 is 5.53. The van der Waals surface area contributed by atoms with Crippen LogP contribution in [-0.4, -0.2) is 11.3 Å². The van der Waals surface area contributed by atoms with E-state index in [-0.39, 0.29) is 11.1 Å². The lowest BCUT2D eigenvalue weighted by atomic mass is 10.1. The molecule has 0 unspecified atom stereocenters. The summed E-state index contributed by atoms with van der Waals surface area (Å²) < 4.78 is 78.2. The molecule has 0 radical (unpaired) electrons. The minimum absolute atomic E-state index is 0.0278. The molecule has 0 atom stereocenters. The van der Waals surface area contributed by atoms with Crippen molar-refractivity contribution in [3.8, 4) is 16.9 Å². The zero-order valence-electron chi connectivity index (χ0n) is 10.5. The summed E-state index contributed by atoms with van der Waals surface area (Å²) in [5, 5.41) is -0.424. The van der Waals surface area contributed by atoms with Crippen LogP contribution in [-0.2, 0) is 6.18 Å². The van der Waals surface area contributed by atoms with Crippen LogP contribution in [0.3, 0.4) is 0 Å². The lowest BCUT2D eigenvalue weighted by Gasteiger charge is -2.11. The van der Waals surface area contributed by atoms with E-state index in [2.05, 4.69) is 9.72 Å². The van der Waals surface area contributed by atoms with Crippen LogP contribution in [0.25, 0.3) is 11.1 Å². The van der Waals surface area contributed by atoms with Crippen LogP contribution in [0.2, 0.25) is 5.15 Å². The third kappa shape index (κ3) is 4.27. The van der Waals surface area contributed by atoms with Gasteiger partial charge in [0.2, 0.25) is 0 Å². The average Bonchev–Trinajstić information content (AvgIpc) is 2.35. The van der Waals surface area contributed by atoms with Crippen LogP contribution in [0, 0.1) is 0 Å². The van der Waals surface area contributed by atoms with E-state index in [1.165, 1.54) is 12.1 Å². The first-order valence-electron chi connectivity index (χ1n) is 5.65. The van der Waals surface area contributed by atoms with Crippen molar-refractivity contribution >= 4 is 11.6 Å². The van der Waals surface area contributed by atoms with Gasteiger partial charge in [0.1, 0.15) is 16.6 Å². The molecule has 2 aromatic rings. The molecule has 0 fully saturated rings. The molecule has 9 heteroatoms. The van der Waals surface area contributed by atoms with E-state index >= 15 is 0 Å². The van der Waals surface area contributed by atoms with Crippen LogP contribution in [0.4, 0.5) is 26.3 Å². The van der Waals surface area contributed by atoms with Crippen LogP contribution < -0.4 is 4.74 Å². The Labute approximate surface area is 125 Å². The van der Waals surface area contributed by atoms with Crippen molar-refractivity contribution in [1.82, 2.24) is 4.98 Å². The van der Waals surface area contributed by atoms with Gasteiger partial charge in [0.15, 0.2) is 0 Å². The topological polar surface area (TPSA) is 22.1 Å². The van der Waals surface area contributed by atoms with Crippen molar-refractivity contribution in [2.24, 2.45) is 0 Å². The SMILES string of the molecule is FC(F)(F)Oc1cccc(-c2cc(Cl)nc(C(F)(F)F)c2)c1. The zero-order chi connectivity index (χ0) is 16.5. The van der Waals surface area contributed by atoms with Crippen LogP contribution in [0.1, 0.15) is 5.69 Å². The number of rotatable bonds is 2. The quantitative estimate of drug-likeness (QED) is 0.545. The second-order valence-electron chi connectivity index (χ2n) is 4.14. The minimum Gasteiger partial charge on any atom is -0.406 e. The van der Waals surface area contributed by atoms with Gasteiger partial charge in [-0.3, -0.25) is 0 Å². The van der Waals surface area contributed by atoms with Crippen molar-refractivity contribution in [2.45, 2.75) is 12.5 Å². The molecule has 0 amide bonds. The van der Waals surface area contributed by atoms with Crippen molar-refractivity contribution < 1.29 is 31.1 Å². The summed E-state index contributed by atoms with van der Waals surface area (Å²) in [6.45, 7) is 0. The van der Waals surface area contributed by atoms with Crippen molar-refractivity contribution in [3.05, 3.63) is 47.2 Å². The molecule has 1 aromatic heterocycles. The van der Waals surface area contributed by atoms with Gasteiger partial charge in [-0.15, -0.1) is 13.2 Å². The van der Waals surface area contributed by atoms with E-state index in [1.54, 1.807) is 0 Å². The van der Waals surface area contributed by atoms with Gasteiger partial charge in [0.05, 0.1) is 0 Å². The largest absolute Gasteiger partial charge is 0.573 e. The Kier molecular flexibility index (Phi) is 4.23. The highest BCUT2D eigenvalue weighted by molar-refractivity contribution is 6.29. The van der Waals surface area contributed by atoms with E-state index in [0.29, 0.717) is 6.07 Å². The molecule has 0 saturated heterocycles. The maximum Gasteiger partial charge on any atom is 0.573 e. The highest BCUT2D eigenvalue weighted by Gasteiger charge is 2.33. The monoisotopic (exact) mass is 341 g/mol. The molecule has 0 saturated carbocycles. The lowest BCUT2D eigenvalue weighted by Crippen LogP contribution is -2.17. The molecule has 118 valence electrons. The molecule has 0 N–H and O–H groups in total. The summed E-state index contributed by atoms with van der Waals surface area (Å²) in [5.41, 5.74) is -1.19. The zero-order valence-corrected chi connectivity index (χ0v) is 11.2. The summed E-state index contributed by atoms with van der Waals surface area (Å²) in [5.74, 6) is -0.550. The normalized spacial score (nSPS) is 12.3. The molecule has 0 aliphatic carbocycles. The number of aromatic nitrogens is 1. The highest BCUT2D eigenvalue weighted by atomic mass is 35.5. The van der Waals surface area contributed by atoms with Crippen molar-refractivity contribution in [2.75, 3.05) is 0 Å². The van der Waals surface area contributed by atoms with E-state index in [9.17, 15) is 26.3 Å². The maximum absolute atomic E-state index is 12.7. The third-order valence-corrected chi connectivity index (χ3v) is 2.68. The first-order valence-corrected chi connectivity index (χ1v) is 6.03. The maximum atomic E-state index is 12.7. The first-order chi connectivity index (χ1) is 10.0. The van der Waals surface area contributed by atoms with E-state index in [1.807, 2.05) is 0 Å². The van der Waals surface area contributed by atoms with Gasteiger partial charge in [-0.25, -0.2) is 4.98 Å². The fourth-order valence-corrected chi connectivity index (χ4v) is 1.89. The van der Waals surface area contributed by atoms with Gasteiger partial charge in [-0.05, 0) is 35.4 Å². The molecule has 1 aromatic carbocycles. The van der Waals surface area contributed by atoms with Crippen molar-refractivity contribution in [1.29, 1.82) is 0 Å². The smallest absolute Gasteiger partial charge is 0.406 e. The van der Waals surface area contributed by atoms with E-state index in [0.717, 1.165) is 18.2 Å². The van der Waals surface area contributed by atoms with Crippen LogP contribution in [0.5, 0.6) is 5.75 Å². The predicted octanol–water partition coefficient (Wildman–Crippen LogP) is 5.32. The Hall–Kier alpha value is -1.96. The predicted molar refractivity (Wildman–Crippen MR) is 66.4 cm³/mol. The molecule has 0 bridgehead atoms. The van der Waals surface area contributed by atoms with Gasteiger partial charge in [0.25, 0.3) is 0 Å². The number of nitrogens with zero attached hydrogens (tertiary/aromatic N) is 1. The Morgan fingerprint density at radius 2 is 1.59 bits per heavy atom. The highest BCUT2D eigenvalue weighted by Crippen LogP contribution is 2.34. The van der Waals surface area contributed by atoms with Crippen LogP contribution >= 0.6 is 11.6 Å². The number of pyridine rings is 1. The van der Waals surface area contributed by atoms with Crippen molar-refractivity contribution in [3.63, 3.8) is 0 Å². The fourth-order valence-electron chi connectivity index (χ4n) is 1.68. The van der Waals surface area contributed by atoms with Gasteiger partial charge in [-0.1, -0.05) is 23.7 Å². The Morgan fingerprint density at radius 1 is 0.909 bits per heavy atom. The number of benzene rings is 1. The molecule has 0 spiro atoms. The van der Waals surface area contributed by atoms with Gasteiger partial charge >= 0.3 is 12.5 Å². The number of alkyl halides is 6. The summed E-state index contributed by atoms with van der Waals surface area (Å²) in [6, 6.07) is 6.35. The Balaban J connectivity index is 2.44.